The maximum atomic E-state index is 12.0. The van der Waals surface area contributed by atoms with Crippen molar-refractivity contribution in [1.82, 2.24) is 0 Å². The van der Waals surface area contributed by atoms with Crippen LogP contribution < -0.4 is 4.74 Å². The quantitative estimate of drug-likeness (QED) is 0.0719. The monoisotopic (exact) mass is 477 g/mol. The molecule has 1 rings (SSSR count). The summed E-state index contributed by atoms with van der Waals surface area (Å²) in [5, 5.41) is 0. The normalized spacial score (nSPS) is 11.3. The summed E-state index contributed by atoms with van der Waals surface area (Å²) in [4.78, 5) is 13.3. The van der Waals surface area contributed by atoms with E-state index in [1.807, 2.05) is 12.1 Å². The van der Waals surface area contributed by atoms with E-state index >= 15 is 0 Å². The van der Waals surface area contributed by atoms with E-state index < -0.39 is 0 Å². The maximum absolute atomic E-state index is 12.0. The second-order valence-corrected chi connectivity index (χ2v) is 12.0. The molecule has 0 aliphatic carbocycles. The van der Waals surface area contributed by atoms with Crippen molar-refractivity contribution >= 4 is 16.9 Å². The van der Waals surface area contributed by atoms with Crippen LogP contribution in [0.4, 0.5) is 0 Å². The van der Waals surface area contributed by atoms with Crippen molar-refractivity contribution in [2.75, 3.05) is 12.5 Å². The molecule has 0 amide bonds. The Balaban J connectivity index is 1.80. The lowest BCUT2D eigenvalue weighted by atomic mass is 10.0. The zero-order chi connectivity index (χ0) is 24.0. The number of benzene rings is 1. The predicted molar refractivity (Wildman–Crippen MR) is 148 cm³/mol. The van der Waals surface area contributed by atoms with Gasteiger partial charge in [0.25, 0.3) is 0 Å². The number of rotatable bonds is 22. The summed E-state index contributed by atoms with van der Waals surface area (Å²) in [7, 11) is 0.244. The number of unbranched alkanes of at least 4 members (excludes halogenated alkanes) is 18. The van der Waals surface area contributed by atoms with E-state index in [0.717, 1.165) is 12.8 Å². The number of carbonyl (C=O) groups excluding carboxylic acids is 1. The number of ether oxygens (including phenoxy) is 1. The summed E-state index contributed by atoms with van der Waals surface area (Å²) in [6.45, 7) is 2.29. The highest BCUT2D eigenvalue weighted by Gasteiger charge is 2.09. The molecule has 190 valence electrons. The Morgan fingerprint density at radius 2 is 0.970 bits per heavy atom. The second kappa shape index (κ2) is 21.6. The van der Waals surface area contributed by atoms with Crippen molar-refractivity contribution < 1.29 is 9.53 Å². The van der Waals surface area contributed by atoms with E-state index in [9.17, 15) is 4.79 Å². The molecule has 0 aliphatic rings. The first-order chi connectivity index (χ1) is 16.1. The van der Waals surface area contributed by atoms with Crippen molar-refractivity contribution in [3.05, 3.63) is 24.3 Å². The van der Waals surface area contributed by atoms with Crippen molar-refractivity contribution in [1.29, 1.82) is 0 Å². The van der Waals surface area contributed by atoms with E-state index in [1.54, 1.807) is 0 Å². The fourth-order valence-electron chi connectivity index (χ4n) is 4.31. The van der Waals surface area contributed by atoms with Gasteiger partial charge in [0.15, 0.2) is 4.90 Å². The SMILES string of the molecule is CCCCCCCCCCCCCCCCCCCCCC(=O)Oc1ccc([S+](C)C)cc1. The lowest BCUT2D eigenvalue weighted by Gasteiger charge is -2.05. The highest BCUT2D eigenvalue weighted by molar-refractivity contribution is 7.95. The summed E-state index contributed by atoms with van der Waals surface area (Å²) in [5.41, 5.74) is 0. The molecule has 0 N–H and O–H groups in total. The average molecular weight is 478 g/mol. The van der Waals surface area contributed by atoms with Gasteiger partial charge in [-0.05, 0) is 30.7 Å². The van der Waals surface area contributed by atoms with Gasteiger partial charge in [-0.2, -0.15) is 0 Å². The van der Waals surface area contributed by atoms with Crippen LogP contribution in [0, 0.1) is 0 Å². The topological polar surface area (TPSA) is 26.3 Å². The molecular formula is C30H53O2S+. The lowest BCUT2D eigenvalue weighted by molar-refractivity contribution is -0.134. The van der Waals surface area contributed by atoms with Crippen LogP contribution >= 0.6 is 0 Å². The van der Waals surface area contributed by atoms with Crippen LogP contribution in [-0.2, 0) is 15.7 Å². The van der Waals surface area contributed by atoms with Gasteiger partial charge in [0.05, 0.1) is 0 Å². The molecule has 0 heterocycles. The molecule has 0 fully saturated rings. The minimum Gasteiger partial charge on any atom is -0.427 e. The summed E-state index contributed by atoms with van der Waals surface area (Å²) in [5.74, 6) is 0.578. The van der Waals surface area contributed by atoms with E-state index in [-0.39, 0.29) is 16.9 Å². The van der Waals surface area contributed by atoms with Crippen molar-refractivity contribution in [2.45, 2.75) is 140 Å². The fraction of sp³-hybridized carbons (Fsp3) is 0.767. The van der Waals surface area contributed by atoms with Gasteiger partial charge in [-0.15, -0.1) is 0 Å². The molecule has 33 heavy (non-hydrogen) atoms. The van der Waals surface area contributed by atoms with Gasteiger partial charge in [0.2, 0.25) is 0 Å². The number of hydrogen-bond acceptors (Lipinski definition) is 2. The smallest absolute Gasteiger partial charge is 0.311 e. The first-order valence-corrected chi connectivity index (χ1v) is 16.1. The lowest BCUT2D eigenvalue weighted by Crippen LogP contribution is -2.07. The van der Waals surface area contributed by atoms with E-state index in [4.69, 9.17) is 4.74 Å². The Kier molecular flexibility index (Phi) is 19.7. The minimum atomic E-state index is -0.0956. The average Bonchev–Trinajstić information content (AvgIpc) is 2.81. The number of carbonyl (C=O) groups is 1. The molecule has 0 unspecified atom stereocenters. The Morgan fingerprint density at radius 1 is 0.606 bits per heavy atom. The molecule has 0 aromatic heterocycles. The molecule has 0 saturated heterocycles. The van der Waals surface area contributed by atoms with Crippen LogP contribution in [0.15, 0.2) is 29.2 Å². The Labute approximate surface area is 209 Å². The maximum Gasteiger partial charge on any atom is 0.311 e. The van der Waals surface area contributed by atoms with Crippen LogP contribution in [0.2, 0.25) is 0 Å². The van der Waals surface area contributed by atoms with Gasteiger partial charge >= 0.3 is 5.97 Å². The van der Waals surface area contributed by atoms with Gasteiger partial charge in [0, 0.05) is 17.3 Å². The summed E-state index contributed by atoms with van der Waals surface area (Å²) in [6, 6.07) is 7.94. The van der Waals surface area contributed by atoms with Gasteiger partial charge in [-0.3, -0.25) is 4.79 Å². The molecule has 0 bridgehead atoms. The number of hydrogen-bond donors (Lipinski definition) is 0. The van der Waals surface area contributed by atoms with Crippen molar-refractivity contribution in [3.8, 4) is 5.75 Å². The van der Waals surface area contributed by atoms with Crippen LogP contribution in [0.1, 0.15) is 135 Å². The Bertz CT molecular complexity index is 567. The van der Waals surface area contributed by atoms with Crippen LogP contribution in [-0.4, -0.2) is 18.5 Å². The molecule has 0 atom stereocenters. The third-order valence-corrected chi connectivity index (χ3v) is 7.73. The second-order valence-electron chi connectivity index (χ2n) is 9.88. The van der Waals surface area contributed by atoms with Gasteiger partial charge in [-0.1, -0.05) is 122 Å². The first-order valence-electron chi connectivity index (χ1n) is 14.0. The van der Waals surface area contributed by atoms with Crippen LogP contribution in [0.3, 0.4) is 0 Å². The van der Waals surface area contributed by atoms with Crippen LogP contribution in [0.25, 0.3) is 0 Å². The largest absolute Gasteiger partial charge is 0.427 e. The zero-order valence-corrected chi connectivity index (χ0v) is 23.0. The zero-order valence-electron chi connectivity index (χ0n) is 22.2. The van der Waals surface area contributed by atoms with Gasteiger partial charge < -0.3 is 4.74 Å². The molecule has 0 spiro atoms. The van der Waals surface area contributed by atoms with Crippen molar-refractivity contribution in [3.63, 3.8) is 0 Å². The van der Waals surface area contributed by atoms with E-state index in [1.165, 1.54) is 114 Å². The van der Waals surface area contributed by atoms with Crippen LogP contribution in [0.5, 0.6) is 5.75 Å². The Hall–Kier alpha value is -0.960. The molecule has 1 aromatic rings. The highest BCUT2D eigenvalue weighted by atomic mass is 32.2. The summed E-state index contributed by atoms with van der Waals surface area (Å²) < 4.78 is 5.45. The third kappa shape index (κ3) is 18.1. The molecule has 0 radical (unpaired) electrons. The summed E-state index contributed by atoms with van der Waals surface area (Å²) in [6.07, 6.45) is 30.9. The molecule has 2 nitrogen and oxygen atoms in total. The standard InChI is InChI=1S/C30H53O2S/c1-4-5-6-7-8-9-10-11-12-13-14-15-16-17-18-19-20-21-22-23-30(31)32-28-24-26-29(27-25-28)33(2)3/h24-27H,4-23H2,1-3H3/q+1. The fourth-order valence-corrected chi connectivity index (χ4v) is 4.99. The number of esters is 1. The van der Waals surface area contributed by atoms with Crippen molar-refractivity contribution in [2.24, 2.45) is 0 Å². The molecular weight excluding hydrogens is 424 g/mol. The third-order valence-electron chi connectivity index (χ3n) is 6.51. The highest BCUT2D eigenvalue weighted by Crippen LogP contribution is 2.18. The Morgan fingerprint density at radius 3 is 1.33 bits per heavy atom. The van der Waals surface area contributed by atoms with Gasteiger partial charge in [-0.25, -0.2) is 0 Å². The minimum absolute atomic E-state index is 0.0956. The van der Waals surface area contributed by atoms with E-state index in [0.29, 0.717) is 12.2 Å². The molecule has 3 heteroatoms. The summed E-state index contributed by atoms with van der Waals surface area (Å²) >= 11 is 0. The van der Waals surface area contributed by atoms with Gasteiger partial charge in [0.1, 0.15) is 18.3 Å². The van der Waals surface area contributed by atoms with E-state index in [2.05, 4.69) is 31.6 Å². The molecule has 1 aromatic carbocycles. The molecule has 0 aliphatic heterocycles. The molecule has 0 saturated carbocycles. The predicted octanol–water partition coefficient (Wildman–Crippen LogP) is 9.65. The first kappa shape index (κ1) is 30.1.